The van der Waals surface area contributed by atoms with Gasteiger partial charge < -0.3 is 9.47 Å². The standard InChI is InChI=1S/C17H24FNO2/c1-3-9-19(12-5-4-6-12)13-10-14-16(20-2)8-7-15(18)17(14)21-11-13/h7-8,12-13H,3-6,9-11H2,1-2H3/t13-/m1/s1. The van der Waals surface area contributed by atoms with Crippen molar-refractivity contribution in [2.24, 2.45) is 0 Å². The molecule has 3 nitrogen and oxygen atoms in total. The third-order valence-corrected chi connectivity index (χ3v) is 4.74. The van der Waals surface area contributed by atoms with Crippen LogP contribution in [0.25, 0.3) is 0 Å². The molecule has 1 aromatic rings. The molecule has 0 N–H and O–H groups in total. The molecule has 0 bridgehead atoms. The lowest BCUT2D eigenvalue weighted by atomic mass is 9.88. The first-order valence-corrected chi connectivity index (χ1v) is 7.98. The van der Waals surface area contributed by atoms with Crippen LogP contribution in [-0.4, -0.2) is 37.2 Å². The number of hydrogen-bond donors (Lipinski definition) is 0. The van der Waals surface area contributed by atoms with Crippen LogP contribution in [0, 0.1) is 5.82 Å². The summed E-state index contributed by atoms with van der Waals surface area (Å²) in [6, 6.07) is 4.14. The zero-order valence-electron chi connectivity index (χ0n) is 12.9. The highest BCUT2D eigenvalue weighted by atomic mass is 19.1. The lowest BCUT2D eigenvalue weighted by Gasteiger charge is -2.44. The number of hydrogen-bond acceptors (Lipinski definition) is 3. The van der Waals surface area contributed by atoms with Gasteiger partial charge in [0.25, 0.3) is 0 Å². The van der Waals surface area contributed by atoms with Crippen molar-refractivity contribution in [1.82, 2.24) is 4.90 Å². The number of ether oxygens (including phenoxy) is 2. The van der Waals surface area contributed by atoms with Crippen LogP contribution in [0.15, 0.2) is 12.1 Å². The van der Waals surface area contributed by atoms with Gasteiger partial charge in [0.15, 0.2) is 11.6 Å². The molecule has 1 aliphatic heterocycles. The van der Waals surface area contributed by atoms with E-state index in [0.29, 0.717) is 24.4 Å². The topological polar surface area (TPSA) is 21.7 Å². The summed E-state index contributed by atoms with van der Waals surface area (Å²) in [7, 11) is 1.63. The van der Waals surface area contributed by atoms with Gasteiger partial charge >= 0.3 is 0 Å². The molecule has 4 heteroatoms. The smallest absolute Gasteiger partial charge is 0.165 e. The Morgan fingerprint density at radius 1 is 1.33 bits per heavy atom. The largest absolute Gasteiger partial charge is 0.496 e. The second kappa shape index (κ2) is 6.22. The highest BCUT2D eigenvalue weighted by Crippen LogP contribution is 2.38. The zero-order chi connectivity index (χ0) is 14.8. The summed E-state index contributed by atoms with van der Waals surface area (Å²) in [6.07, 6.45) is 5.84. The van der Waals surface area contributed by atoms with E-state index < -0.39 is 0 Å². The van der Waals surface area contributed by atoms with Gasteiger partial charge in [-0.15, -0.1) is 0 Å². The summed E-state index contributed by atoms with van der Waals surface area (Å²) < 4.78 is 25.1. The second-order valence-corrected chi connectivity index (χ2v) is 6.05. The van der Waals surface area contributed by atoms with Gasteiger partial charge in [-0.05, 0) is 44.4 Å². The maximum Gasteiger partial charge on any atom is 0.165 e. The zero-order valence-corrected chi connectivity index (χ0v) is 12.9. The number of rotatable bonds is 5. The normalized spacial score (nSPS) is 21.6. The lowest BCUT2D eigenvalue weighted by molar-refractivity contribution is 0.0428. The predicted molar refractivity (Wildman–Crippen MR) is 80.6 cm³/mol. The van der Waals surface area contributed by atoms with Crippen molar-refractivity contribution in [3.8, 4) is 11.5 Å². The Bertz CT molecular complexity index is 502. The van der Waals surface area contributed by atoms with Crippen molar-refractivity contribution in [2.45, 2.75) is 51.1 Å². The van der Waals surface area contributed by atoms with Crippen molar-refractivity contribution in [3.05, 3.63) is 23.5 Å². The molecule has 0 aromatic heterocycles. The van der Waals surface area contributed by atoms with Crippen LogP contribution in [0.5, 0.6) is 11.5 Å². The molecule has 116 valence electrons. The Balaban J connectivity index is 1.83. The summed E-state index contributed by atoms with van der Waals surface area (Å²) >= 11 is 0. The lowest BCUT2D eigenvalue weighted by Crippen LogP contribution is -2.51. The van der Waals surface area contributed by atoms with Crippen molar-refractivity contribution in [1.29, 1.82) is 0 Å². The molecule has 0 amide bonds. The molecule has 0 unspecified atom stereocenters. The summed E-state index contributed by atoms with van der Waals surface area (Å²) in [5.41, 5.74) is 0.883. The number of fused-ring (bicyclic) bond motifs is 1. The minimum Gasteiger partial charge on any atom is -0.496 e. The summed E-state index contributed by atoms with van der Waals surface area (Å²) in [4.78, 5) is 2.57. The third-order valence-electron chi connectivity index (χ3n) is 4.74. The molecule has 1 heterocycles. The van der Waals surface area contributed by atoms with E-state index in [9.17, 15) is 4.39 Å². The maximum atomic E-state index is 13.9. The van der Waals surface area contributed by atoms with Gasteiger partial charge in [-0.1, -0.05) is 13.3 Å². The average molecular weight is 293 g/mol. The van der Waals surface area contributed by atoms with Crippen molar-refractivity contribution in [2.75, 3.05) is 20.3 Å². The van der Waals surface area contributed by atoms with Gasteiger partial charge in [0.1, 0.15) is 12.4 Å². The molecule has 0 saturated heterocycles. The fourth-order valence-electron chi connectivity index (χ4n) is 3.45. The van der Waals surface area contributed by atoms with Crippen molar-refractivity contribution < 1.29 is 13.9 Å². The Morgan fingerprint density at radius 3 is 2.76 bits per heavy atom. The van der Waals surface area contributed by atoms with Gasteiger partial charge in [0.05, 0.1) is 7.11 Å². The molecule has 1 fully saturated rings. The number of halogens is 1. The molecule has 1 atom stereocenters. The molecule has 21 heavy (non-hydrogen) atoms. The van der Waals surface area contributed by atoms with Crippen LogP contribution in [-0.2, 0) is 6.42 Å². The molecule has 3 rings (SSSR count). The molecule has 1 aliphatic carbocycles. The molecule has 2 aliphatic rings. The van der Waals surface area contributed by atoms with Crippen molar-refractivity contribution >= 4 is 0 Å². The number of benzene rings is 1. The molecule has 1 aromatic carbocycles. The van der Waals surface area contributed by atoms with Crippen LogP contribution in [0.2, 0.25) is 0 Å². The fourth-order valence-corrected chi connectivity index (χ4v) is 3.45. The first-order chi connectivity index (χ1) is 10.2. The Kier molecular flexibility index (Phi) is 4.34. The van der Waals surface area contributed by atoms with E-state index in [1.54, 1.807) is 13.2 Å². The number of nitrogens with zero attached hydrogens (tertiary/aromatic N) is 1. The van der Waals surface area contributed by atoms with Gasteiger partial charge in [0, 0.05) is 17.6 Å². The monoisotopic (exact) mass is 293 g/mol. The quantitative estimate of drug-likeness (QED) is 0.830. The Labute approximate surface area is 126 Å². The third kappa shape index (κ3) is 2.73. The van der Waals surface area contributed by atoms with Gasteiger partial charge in [-0.3, -0.25) is 4.90 Å². The van der Waals surface area contributed by atoms with Gasteiger partial charge in [0.2, 0.25) is 0 Å². The minimum absolute atomic E-state index is 0.282. The van der Waals surface area contributed by atoms with E-state index in [4.69, 9.17) is 9.47 Å². The average Bonchev–Trinajstić information content (AvgIpc) is 2.45. The Hall–Kier alpha value is -1.29. The molecule has 1 saturated carbocycles. The summed E-state index contributed by atoms with van der Waals surface area (Å²) in [5, 5.41) is 0. The first kappa shape index (κ1) is 14.6. The molecule has 0 radical (unpaired) electrons. The van der Waals surface area contributed by atoms with E-state index in [1.165, 1.54) is 25.3 Å². The van der Waals surface area contributed by atoms with E-state index in [2.05, 4.69) is 11.8 Å². The molecular formula is C17H24FNO2. The van der Waals surface area contributed by atoms with Crippen LogP contribution in [0.3, 0.4) is 0 Å². The Morgan fingerprint density at radius 2 is 2.14 bits per heavy atom. The van der Waals surface area contributed by atoms with Gasteiger partial charge in [-0.2, -0.15) is 0 Å². The van der Waals surface area contributed by atoms with E-state index in [-0.39, 0.29) is 5.82 Å². The van der Waals surface area contributed by atoms with Crippen LogP contribution < -0.4 is 9.47 Å². The highest BCUT2D eigenvalue weighted by Gasteiger charge is 2.34. The number of methoxy groups -OCH3 is 1. The second-order valence-electron chi connectivity index (χ2n) is 6.05. The SMILES string of the molecule is CCCN(C1CCC1)[C@H]1COc2c(F)ccc(OC)c2C1. The van der Waals surface area contributed by atoms with E-state index in [1.807, 2.05) is 0 Å². The van der Waals surface area contributed by atoms with E-state index >= 15 is 0 Å². The van der Waals surface area contributed by atoms with Crippen LogP contribution >= 0.6 is 0 Å². The fraction of sp³-hybridized carbons (Fsp3) is 0.647. The highest BCUT2D eigenvalue weighted by molar-refractivity contribution is 5.47. The molecule has 0 spiro atoms. The predicted octanol–water partition coefficient (Wildman–Crippen LogP) is 3.40. The summed E-state index contributed by atoms with van der Waals surface area (Å²) in [6.45, 7) is 3.88. The first-order valence-electron chi connectivity index (χ1n) is 7.98. The van der Waals surface area contributed by atoms with E-state index in [0.717, 1.165) is 30.7 Å². The minimum atomic E-state index is -0.282. The summed E-state index contributed by atoms with van der Waals surface area (Å²) in [5.74, 6) is 0.840. The van der Waals surface area contributed by atoms with Gasteiger partial charge in [-0.25, -0.2) is 4.39 Å². The van der Waals surface area contributed by atoms with Crippen molar-refractivity contribution in [3.63, 3.8) is 0 Å². The maximum absolute atomic E-state index is 13.9. The molecular weight excluding hydrogens is 269 g/mol. The van der Waals surface area contributed by atoms with Crippen LogP contribution in [0.4, 0.5) is 4.39 Å². The van der Waals surface area contributed by atoms with Crippen LogP contribution in [0.1, 0.15) is 38.2 Å².